The second kappa shape index (κ2) is 16.0. The summed E-state index contributed by atoms with van der Waals surface area (Å²) < 4.78 is 23.1. The van der Waals surface area contributed by atoms with Crippen molar-refractivity contribution in [2.24, 2.45) is 0 Å². The maximum absolute atomic E-state index is 12.6. The van der Waals surface area contributed by atoms with Crippen LogP contribution in [0.1, 0.15) is 30.1 Å². The Kier molecular flexibility index (Phi) is 13.8. The number of carbonyl (C=O) groups excluding carboxylic acids is 1. The normalized spacial score (nSPS) is 11.1. The van der Waals surface area contributed by atoms with Gasteiger partial charge in [0, 0.05) is 12.8 Å². The molecule has 2 aromatic carbocycles. The topological polar surface area (TPSA) is 94.6 Å². The van der Waals surface area contributed by atoms with Crippen LogP contribution in [0, 0.1) is 0 Å². The number of ether oxygens (including phenoxy) is 4. The predicted octanol–water partition coefficient (Wildman–Crippen LogP) is -4.61. The van der Waals surface area contributed by atoms with Gasteiger partial charge in [-0.2, -0.15) is 4.57 Å². The van der Waals surface area contributed by atoms with Gasteiger partial charge in [0.15, 0.2) is 11.5 Å². The van der Waals surface area contributed by atoms with E-state index in [2.05, 4.69) is 11.9 Å². The van der Waals surface area contributed by atoms with Gasteiger partial charge >= 0.3 is 11.5 Å². The number of nitrogens with zero attached hydrogens (tertiary/aromatic N) is 1. The molecule has 0 fully saturated rings. The summed E-state index contributed by atoms with van der Waals surface area (Å²) in [5, 5.41) is 0.698. The molecule has 0 aliphatic rings. The summed E-state index contributed by atoms with van der Waals surface area (Å²) >= 11 is 0. The Labute approximate surface area is 229 Å². The minimum absolute atomic E-state index is 0. The SMILES string of the molecule is CC[NH+](CCCOC(=O)c1cc(OC)c(OC)c(OC)c1)CCCn1c[nH+]c2ccccc2c1=O.[Cl-].[Cl-]. The number of hydrogen-bond acceptors (Lipinski definition) is 6. The predicted molar refractivity (Wildman–Crippen MR) is 132 cm³/mol. The van der Waals surface area contributed by atoms with Gasteiger partial charge in [-0.25, -0.2) is 14.6 Å². The van der Waals surface area contributed by atoms with Crippen molar-refractivity contribution in [1.29, 1.82) is 0 Å². The maximum Gasteiger partial charge on any atom is 0.345 e. The molecule has 0 saturated heterocycles. The van der Waals surface area contributed by atoms with Gasteiger partial charge in [-0.15, -0.1) is 0 Å². The van der Waals surface area contributed by atoms with Crippen molar-refractivity contribution in [3.8, 4) is 17.2 Å². The van der Waals surface area contributed by atoms with E-state index >= 15 is 0 Å². The summed E-state index contributed by atoms with van der Waals surface area (Å²) in [6.07, 6.45) is 3.36. The van der Waals surface area contributed by atoms with Gasteiger partial charge in [-0.3, -0.25) is 0 Å². The number of halogens is 2. The van der Waals surface area contributed by atoms with Gasteiger partial charge in [0.25, 0.3) is 0 Å². The van der Waals surface area contributed by atoms with E-state index in [1.807, 2.05) is 24.3 Å². The van der Waals surface area contributed by atoms with E-state index < -0.39 is 5.97 Å². The number of nitrogens with one attached hydrogen (secondary N) is 2. The van der Waals surface area contributed by atoms with Crippen molar-refractivity contribution in [1.82, 2.24) is 4.57 Å². The number of quaternary nitrogens is 1. The number of para-hydroxylation sites is 1. The van der Waals surface area contributed by atoms with Crippen molar-refractivity contribution >= 4 is 16.9 Å². The Balaban J connectivity index is 0.00000342. The molecule has 0 saturated carbocycles. The zero-order chi connectivity index (χ0) is 25.2. The summed E-state index contributed by atoms with van der Waals surface area (Å²) in [7, 11) is 4.52. The highest BCUT2D eigenvalue weighted by molar-refractivity contribution is 5.91. The number of aromatic nitrogens is 2. The van der Waals surface area contributed by atoms with Crippen LogP contribution in [-0.2, 0) is 11.3 Å². The molecular formula is C26H35Cl2N3O6. The molecule has 3 aromatic rings. The lowest BCUT2D eigenvalue weighted by atomic mass is 10.2. The molecule has 9 nitrogen and oxygen atoms in total. The number of aromatic amines is 1. The standard InChI is InChI=1S/C26H33N3O6.2ClH/c1-5-28(12-8-14-29-18-27-21-11-7-6-10-20(21)25(29)30)13-9-15-35-26(31)19-16-22(32-2)24(34-4)23(17-19)33-3;;/h6-7,10-11,16-18H,5,8-9,12-15H2,1-4H3;2*1H. The monoisotopic (exact) mass is 555 g/mol. The maximum atomic E-state index is 12.6. The third-order valence-corrected chi connectivity index (χ3v) is 6.03. The highest BCUT2D eigenvalue weighted by Crippen LogP contribution is 2.38. The Morgan fingerprint density at radius 1 is 0.973 bits per heavy atom. The largest absolute Gasteiger partial charge is 1.00 e. The first-order valence-electron chi connectivity index (χ1n) is 11.8. The van der Waals surface area contributed by atoms with Crippen LogP contribution in [0.15, 0.2) is 47.5 Å². The Hall–Kier alpha value is -3.01. The number of aryl methyl sites for hydroxylation is 1. The number of esters is 1. The highest BCUT2D eigenvalue weighted by Gasteiger charge is 2.18. The fourth-order valence-corrected chi connectivity index (χ4v) is 4.07. The van der Waals surface area contributed by atoms with Gasteiger partial charge in [-0.1, -0.05) is 12.1 Å². The first kappa shape index (κ1) is 32.0. The van der Waals surface area contributed by atoms with Crippen molar-refractivity contribution in [3.63, 3.8) is 0 Å². The van der Waals surface area contributed by atoms with Crippen LogP contribution in [0.25, 0.3) is 10.9 Å². The van der Waals surface area contributed by atoms with Gasteiger partial charge in [0.2, 0.25) is 12.1 Å². The molecule has 0 aliphatic heterocycles. The van der Waals surface area contributed by atoms with Gasteiger partial charge in [-0.05, 0) is 31.2 Å². The molecule has 1 atom stereocenters. The van der Waals surface area contributed by atoms with E-state index in [1.54, 1.807) is 23.0 Å². The van der Waals surface area contributed by atoms with Gasteiger partial charge < -0.3 is 48.7 Å². The van der Waals surface area contributed by atoms with E-state index in [-0.39, 0.29) is 30.4 Å². The van der Waals surface area contributed by atoms with Gasteiger partial charge in [0.05, 0.1) is 59.7 Å². The fourth-order valence-electron chi connectivity index (χ4n) is 4.07. The number of hydrogen-bond donors (Lipinski definition) is 1. The van der Waals surface area contributed by atoms with Crippen LogP contribution in [0.3, 0.4) is 0 Å². The van der Waals surface area contributed by atoms with E-state index in [0.29, 0.717) is 41.3 Å². The molecule has 0 aliphatic carbocycles. The lowest BCUT2D eigenvalue weighted by molar-refractivity contribution is -0.898. The Bertz CT molecular complexity index is 1180. The van der Waals surface area contributed by atoms with Crippen LogP contribution in [0.5, 0.6) is 17.2 Å². The van der Waals surface area contributed by atoms with Crippen molar-refractivity contribution in [2.45, 2.75) is 26.3 Å². The molecule has 37 heavy (non-hydrogen) atoms. The zero-order valence-corrected chi connectivity index (χ0v) is 23.2. The molecule has 1 heterocycles. The van der Waals surface area contributed by atoms with Crippen molar-refractivity contribution in [3.05, 3.63) is 58.6 Å². The number of benzene rings is 2. The molecule has 0 bridgehead atoms. The van der Waals surface area contributed by atoms with Crippen LogP contribution in [-0.4, -0.2) is 58.1 Å². The number of carbonyl (C=O) groups is 1. The van der Waals surface area contributed by atoms with Crippen LogP contribution in [0.4, 0.5) is 0 Å². The average Bonchev–Trinajstić information content (AvgIpc) is 2.90. The molecular weight excluding hydrogens is 521 g/mol. The summed E-state index contributed by atoms with van der Waals surface area (Å²) in [5.41, 5.74) is 1.21. The lowest BCUT2D eigenvalue weighted by Crippen LogP contribution is -3.11. The minimum atomic E-state index is -0.436. The van der Waals surface area contributed by atoms with Crippen LogP contribution < -0.4 is 54.5 Å². The van der Waals surface area contributed by atoms with E-state index in [0.717, 1.165) is 38.0 Å². The highest BCUT2D eigenvalue weighted by atomic mass is 35.5. The minimum Gasteiger partial charge on any atom is -1.00 e. The molecule has 1 aromatic heterocycles. The summed E-state index contributed by atoms with van der Waals surface area (Å²) in [6.45, 7) is 5.86. The fraction of sp³-hybridized carbons (Fsp3) is 0.423. The molecule has 3 rings (SSSR count). The summed E-state index contributed by atoms with van der Waals surface area (Å²) in [5.74, 6) is 0.804. The van der Waals surface area contributed by atoms with E-state index in [9.17, 15) is 9.59 Å². The quantitative estimate of drug-likeness (QED) is 0.168. The summed E-state index contributed by atoms with van der Waals surface area (Å²) in [6, 6.07) is 10.7. The van der Waals surface area contributed by atoms with Crippen molar-refractivity contribution < 1.29 is 58.4 Å². The average molecular weight is 556 g/mol. The van der Waals surface area contributed by atoms with Crippen LogP contribution in [0.2, 0.25) is 0 Å². The van der Waals surface area contributed by atoms with Crippen molar-refractivity contribution in [2.75, 3.05) is 47.6 Å². The molecule has 0 amide bonds. The smallest absolute Gasteiger partial charge is 0.345 e. The third kappa shape index (κ3) is 8.24. The molecule has 11 heteroatoms. The second-order valence-electron chi connectivity index (χ2n) is 8.18. The summed E-state index contributed by atoms with van der Waals surface area (Å²) in [4.78, 5) is 29.8. The lowest BCUT2D eigenvalue weighted by Gasteiger charge is -2.17. The molecule has 1 unspecified atom stereocenters. The first-order chi connectivity index (χ1) is 17.0. The van der Waals surface area contributed by atoms with Crippen LogP contribution >= 0.6 is 0 Å². The Morgan fingerprint density at radius 2 is 1.62 bits per heavy atom. The second-order valence-corrected chi connectivity index (χ2v) is 8.18. The molecule has 204 valence electrons. The zero-order valence-electron chi connectivity index (χ0n) is 21.6. The van der Waals surface area contributed by atoms with E-state index in [4.69, 9.17) is 18.9 Å². The molecule has 0 spiro atoms. The number of H-pyrrole nitrogens is 1. The number of rotatable bonds is 13. The molecule has 0 radical (unpaired) electrons. The number of methoxy groups -OCH3 is 3. The van der Waals surface area contributed by atoms with Gasteiger partial charge in [0.1, 0.15) is 10.9 Å². The number of fused-ring (bicyclic) bond motifs is 1. The first-order valence-corrected chi connectivity index (χ1v) is 11.8. The Morgan fingerprint density at radius 3 is 2.24 bits per heavy atom. The van der Waals surface area contributed by atoms with E-state index in [1.165, 1.54) is 26.2 Å². The molecule has 2 N–H and O–H groups in total. The third-order valence-electron chi connectivity index (χ3n) is 6.03.